The maximum atomic E-state index is 5.92. The van der Waals surface area contributed by atoms with Gasteiger partial charge >= 0.3 is 0 Å². The van der Waals surface area contributed by atoms with Crippen LogP contribution in [0.5, 0.6) is 0 Å². The number of nitrogens with zero attached hydrogens (tertiary/aromatic N) is 3. The van der Waals surface area contributed by atoms with E-state index in [1.54, 1.807) is 0 Å². The van der Waals surface area contributed by atoms with Gasteiger partial charge in [-0.15, -0.1) is 0 Å². The third kappa shape index (κ3) is 2.57. The lowest BCUT2D eigenvalue weighted by molar-refractivity contribution is 0.521. The lowest BCUT2D eigenvalue weighted by Gasteiger charge is -2.22. The van der Waals surface area contributed by atoms with Crippen molar-refractivity contribution in [3.63, 3.8) is 0 Å². The summed E-state index contributed by atoms with van der Waals surface area (Å²) < 4.78 is 0. The van der Waals surface area contributed by atoms with Crippen LogP contribution >= 0.6 is 0 Å². The topological polar surface area (TPSA) is 55.0 Å². The van der Waals surface area contributed by atoms with Gasteiger partial charge in [0.15, 0.2) is 0 Å². The highest BCUT2D eigenvalue weighted by atomic mass is 15.2. The molecule has 4 nitrogen and oxygen atoms in total. The van der Waals surface area contributed by atoms with E-state index in [2.05, 4.69) is 16.8 Å². The van der Waals surface area contributed by atoms with Gasteiger partial charge in [0.1, 0.15) is 17.5 Å². The van der Waals surface area contributed by atoms with Crippen molar-refractivity contribution >= 4 is 11.6 Å². The van der Waals surface area contributed by atoms with Crippen LogP contribution in [0.25, 0.3) is 0 Å². The molecule has 1 aliphatic carbocycles. The first-order valence-electron chi connectivity index (χ1n) is 7.12. The summed E-state index contributed by atoms with van der Waals surface area (Å²) in [4.78, 5) is 11.5. The number of rotatable bonds is 2. The Morgan fingerprint density at radius 1 is 1.17 bits per heavy atom. The van der Waals surface area contributed by atoms with E-state index in [1.165, 1.54) is 32.1 Å². The molecule has 0 radical (unpaired) electrons. The fourth-order valence-electron chi connectivity index (χ4n) is 2.65. The van der Waals surface area contributed by atoms with Crippen molar-refractivity contribution in [3.8, 4) is 0 Å². The molecule has 0 spiro atoms. The van der Waals surface area contributed by atoms with E-state index < -0.39 is 0 Å². The standard InChI is InChI=1S/C14H22N4/c1-10-3-2-7-18(8-6-10)13-9-12(15)16-14(17-13)11-4-5-11/h9-11H,2-8H2,1H3,(H2,15,16,17). The summed E-state index contributed by atoms with van der Waals surface area (Å²) in [5.41, 5.74) is 5.92. The molecule has 0 bridgehead atoms. The average molecular weight is 246 g/mol. The molecule has 0 amide bonds. The summed E-state index contributed by atoms with van der Waals surface area (Å²) in [7, 11) is 0. The second-order valence-electron chi connectivity index (χ2n) is 5.81. The molecule has 1 saturated carbocycles. The Hall–Kier alpha value is -1.32. The van der Waals surface area contributed by atoms with E-state index in [0.29, 0.717) is 11.7 Å². The molecule has 1 aliphatic heterocycles. The van der Waals surface area contributed by atoms with Gasteiger partial charge in [-0.05, 0) is 38.0 Å². The summed E-state index contributed by atoms with van der Waals surface area (Å²) in [6.45, 7) is 4.54. The highest BCUT2D eigenvalue weighted by Gasteiger charge is 2.28. The first-order valence-corrected chi connectivity index (χ1v) is 7.12. The quantitative estimate of drug-likeness (QED) is 0.871. The Bertz CT molecular complexity index is 428. The smallest absolute Gasteiger partial charge is 0.136 e. The van der Waals surface area contributed by atoms with Crippen LogP contribution in [-0.2, 0) is 0 Å². The van der Waals surface area contributed by atoms with Crippen LogP contribution in [0.3, 0.4) is 0 Å². The van der Waals surface area contributed by atoms with Crippen molar-refractivity contribution in [1.29, 1.82) is 0 Å². The zero-order chi connectivity index (χ0) is 12.5. The molecule has 1 unspecified atom stereocenters. The zero-order valence-corrected chi connectivity index (χ0v) is 11.1. The van der Waals surface area contributed by atoms with Gasteiger partial charge in [-0.1, -0.05) is 6.92 Å². The third-order valence-electron chi connectivity index (χ3n) is 4.03. The molecule has 2 N–H and O–H groups in total. The third-order valence-corrected chi connectivity index (χ3v) is 4.03. The SMILES string of the molecule is CC1CCCN(c2cc(N)nc(C3CC3)n2)CC1. The first kappa shape index (κ1) is 11.8. The summed E-state index contributed by atoms with van der Waals surface area (Å²) >= 11 is 0. The number of nitrogen functional groups attached to an aromatic ring is 1. The van der Waals surface area contributed by atoms with Crippen LogP contribution in [0.4, 0.5) is 11.6 Å². The maximum Gasteiger partial charge on any atom is 0.136 e. The Morgan fingerprint density at radius 2 is 2.00 bits per heavy atom. The van der Waals surface area contributed by atoms with Gasteiger partial charge in [-0.3, -0.25) is 0 Å². The van der Waals surface area contributed by atoms with Crippen molar-refractivity contribution in [3.05, 3.63) is 11.9 Å². The van der Waals surface area contributed by atoms with E-state index in [0.717, 1.165) is 30.6 Å². The molecule has 98 valence electrons. The van der Waals surface area contributed by atoms with Crippen LogP contribution in [-0.4, -0.2) is 23.1 Å². The van der Waals surface area contributed by atoms with Gasteiger partial charge in [0.2, 0.25) is 0 Å². The molecule has 2 fully saturated rings. The van der Waals surface area contributed by atoms with Crippen molar-refractivity contribution in [2.75, 3.05) is 23.7 Å². The Balaban J connectivity index is 1.81. The molecule has 4 heteroatoms. The van der Waals surface area contributed by atoms with Crippen LogP contribution in [0.2, 0.25) is 0 Å². The summed E-state index contributed by atoms with van der Waals surface area (Å²) in [5.74, 6) is 4.02. The predicted octanol–water partition coefficient (Wildman–Crippen LogP) is 2.56. The van der Waals surface area contributed by atoms with Crippen molar-refractivity contribution < 1.29 is 0 Å². The molecule has 2 aliphatic rings. The van der Waals surface area contributed by atoms with Gasteiger partial charge in [-0.25, -0.2) is 9.97 Å². The predicted molar refractivity (Wildman–Crippen MR) is 73.6 cm³/mol. The second-order valence-corrected chi connectivity index (χ2v) is 5.81. The fourth-order valence-corrected chi connectivity index (χ4v) is 2.65. The molecule has 0 aromatic carbocycles. The van der Waals surface area contributed by atoms with Crippen LogP contribution in [0.1, 0.15) is 50.8 Å². The average Bonchev–Trinajstić information content (AvgIpc) is 3.15. The Labute approximate surface area is 109 Å². The summed E-state index contributed by atoms with van der Waals surface area (Å²) in [6.07, 6.45) is 6.28. The molecule has 18 heavy (non-hydrogen) atoms. The number of nitrogens with two attached hydrogens (primary N) is 1. The molecule has 1 aromatic rings. The molecule has 2 heterocycles. The van der Waals surface area contributed by atoms with Crippen molar-refractivity contribution in [2.45, 2.75) is 44.9 Å². The molecular weight excluding hydrogens is 224 g/mol. The largest absolute Gasteiger partial charge is 0.384 e. The zero-order valence-electron chi connectivity index (χ0n) is 11.1. The summed E-state index contributed by atoms with van der Waals surface area (Å²) in [6, 6.07) is 1.93. The molecule has 1 saturated heterocycles. The molecular formula is C14H22N4. The lowest BCUT2D eigenvalue weighted by Crippen LogP contribution is -2.25. The molecule has 3 rings (SSSR count). The van der Waals surface area contributed by atoms with Gasteiger partial charge in [0.05, 0.1) is 0 Å². The van der Waals surface area contributed by atoms with Gasteiger partial charge in [0.25, 0.3) is 0 Å². The summed E-state index contributed by atoms with van der Waals surface area (Å²) in [5, 5.41) is 0. The highest BCUT2D eigenvalue weighted by molar-refractivity contribution is 5.47. The Morgan fingerprint density at radius 3 is 2.78 bits per heavy atom. The van der Waals surface area contributed by atoms with Crippen molar-refractivity contribution in [1.82, 2.24) is 9.97 Å². The normalized spacial score (nSPS) is 24.9. The van der Waals surface area contributed by atoms with E-state index >= 15 is 0 Å². The Kier molecular flexibility index (Phi) is 3.10. The van der Waals surface area contributed by atoms with E-state index in [-0.39, 0.29) is 0 Å². The van der Waals surface area contributed by atoms with E-state index in [1.807, 2.05) is 6.07 Å². The lowest BCUT2D eigenvalue weighted by atomic mass is 10.0. The van der Waals surface area contributed by atoms with Crippen LogP contribution < -0.4 is 10.6 Å². The second kappa shape index (κ2) is 4.75. The fraction of sp³-hybridized carbons (Fsp3) is 0.714. The van der Waals surface area contributed by atoms with Crippen LogP contribution in [0, 0.1) is 5.92 Å². The number of hydrogen-bond acceptors (Lipinski definition) is 4. The van der Waals surface area contributed by atoms with E-state index in [4.69, 9.17) is 10.7 Å². The van der Waals surface area contributed by atoms with Gasteiger partial charge in [0, 0.05) is 25.1 Å². The van der Waals surface area contributed by atoms with E-state index in [9.17, 15) is 0 Å². The monoisotopic (exact) mass is 246 g/mol. The maximum absolute atomic E-state index is 5.92. The number of hydrogen-bond donors (Lipinski definition) is 1. The first-order chi connectivity index (χ1) is 8.72. The van der Waals surface area contributed by atoms with Gasteiger partial charge in [-0.2, -0.15) is 0 Å². The van der Waals surface area contributed by atoms with Crippen molar-refractivity contribution in [2.24, 2.45) is 5.92 Å². The number of aromatic nitrogens is 2. The molecule has 1 atom stereocenters. The number of anilines is 2. The van der Waals surface area contributed by atoms with Gasteiger partial charge < -0.3 is 10.6 Å². The minimum Gasteiger partial charge on any atom is -0.384 e. The van der Waals surface area contributed by atoms with Crippen LogP contribution in [0.15, 0.2) is 6.07 Å². The minimum atomic E-state index is 0.568. The highest BCUT2D eigenvalue weighted by Crippen LogP contribution is 2.39. The molecule has 1 aromatic heterocycles. The minimum absolute atomic E-state index is 0.568.